The predicted octanol–water partition coefficient (Wildman–Crippen LogP) is 4.10. The SMILES string of the molecule is CCC[C@@H](CC(C)C)C(C)C. The molecule has 0 aliphatic heterocycles. The average molecular weight is 156 g/mol. The summed E-state index contributed by atoms with van der Waals surface area (Å²) >= 11 is 0. The second-order valence-corrected chi connectivity index (χ2v) is 4.42. The molecule has 0 aromatic heterocycles. The Kier molecular flexibility index (Phi) is 5.62. The highest BCUT2D eigenvalue weighted by Gasteiger charge is 2.13. The van der Waals surface area contributed by atoms with Crippen molar-refractivity contribution >= 4 is 0 Å². The molecule has 0 spiro atoms. The van der Waals surface area contributed by atoms with Crippen LogP contribution in [0.5, 0.6) is 0 Å². The van der Waals surface area contributed by atoms with Gasteiger partial charge in [0.2, 0.25) is 0 Å². The van der Waals surface area contributed by atoms with Crippen LogP contribution in [0.15, 0.2) is 0 Å². The van der Waals surface area contributed by atoms with E-state index in [4.69, 9.17) is 0 Å². The van der Waals surface area contributed by atoms with Crippen molar-refractivity contribution in [2.24, 2.45) is 17.8 Å². The third-order valence-electron chi connectivity index (χ3n) is 2.38. The molecule has 0 saturated heterocycles. The molecule has 0 aromatic rings. The molecule has 68 valence electrons. The Labute approximate surface area is 72.4 Å². The van der Waals surface area contributed by atoms with Gasteiger partial charge in [-0.3, -0.25) is 0 Å². The summed E-state index contributed by atoms with van der Waals surface area (Å²) in [5.41, 5.74) is 0. The third kappa shape index (κ3) is 5.29. The van der Waals surface area contributed by atoms with E-state index in [9.17, 15) is 0 Å². The van der Waals surface area contributed by atoms with Crippen molar-refractivity contribution in [1.29, 1.82) is 0 Å². The lowest BCUT2D eigenvalue weighted by molar-refractivity contribution is 0.296. The topological polar surface area (TPSA) is 0 Å². The van der Waals surface area contributed by atoms with Gasteiger partial charge in [0, 0.05) is 0 Å². The van der Waals surface area contributed by atoms with Gasteiger partial charge < -0.3 is 0 Å². The maximum absolute atomic E-state index is 2.35. The van der Waals surface area contributed by atoms with Crippen LogP contribution in [0.2, 0.25) is 0 Å². The van der Waals surface area contributed by atoms with E-state index in [1.54, 1.807) is 0 Å². The summed E-state index contributed by atoms with van der Waals surface area (Å²) in [6, 6.07) is 0. The smallest absolute Gasteiger partial charge is 0.0389 e. The number of rotatable bonds is 5. The van der Waals surface area contributed by atoms with E-state index < -0.39 is 0 Å². The molecule has 0 heteroatoms. The fourth-order valence-electron chi connectivity index (χ4n) is 1.70. The van der Waals surface area contributed by atoms with Gasteiger partial charge >= 0.3 is 0 Å². The molecule has 0 aliphatic rings. The molecule has 0 nitrogen and oxygen atoms in total. The van der Waals surface area contributed by atoms with Crippen molar-refractivity contribution in [2.75, 3.05) is 0 Å². The molecule has 0 rings (SSSR count). The summed E-state index contributed by atoms with van der Waals surface area (Å²) < 4.78 is 0. The average Bonchev–Trinajstić information content (AvgIpc) is 1.86. The van der Waals surface area contributed by atoms with Crippen molar-refractivity contribution in [3.8, 4) is 0 Å². The van der Waals surface area contributed by atoms with E-state index in [0.29, 0.717) is 0 Å². The Morgan fingerprint density at radius 2 is 1.55 bits per heavy atom. The molecular weight excluding hydrogens is 132 g/mol. The Morgan fingerprint density at radius 1 is 1.00 bits per heavy atom. The first kappa shape index (κ1) is 11.0. The van der Waals surface area contributed by atoms with Crippen molar-refractivity contribution < 1.29 is 0 Å². The summed E-state index contributed by atoms with van der Waals surface area (Å²) in [7, 11) is 0. The van der Waals surface area contributed by atoms with Gasteiger partial charge in [-0.25, -0.2) is 0 Å². The maximum Gasteiger partial charge on any atom is -0.0389 e. The summed E-state index contributed by atoms with van der Waals surface area (Å²) in [4.78, 5) is 0. The van der Waals surface area contributed by atoms with Gasteiger partial charge in [-0.05, 0) is 24.2 Å². The number of hydrogen-bond acceptors (Lipinski definition) is 0. The van der Waals surface area contributed by atoms with Crippen molar-refractivity contribution in [2.45, 2.75) is 53.9 Å². The Morgan fingerprint density at radius 3 is 1.82 bits per heavy atom. The van der Waals surface area contributed by atoms with E-state index in [1.807, 2.05) is 0 Å². The minimum atomic E-state index is 0.869. The molecule has 0 radical (unpaired) electrons. The lowest BCUT2D eigenvalue weighted by Crippen LogP contribution is -2.11. The minimum absolute atomic E-state index is 0.869. The molecule has 0 fully saturated rings. The minimum Gasteiger partial charge on any atom is -0.0654 e. The highest BCUT2D eigenvalue weighted by atomic mass is 14.2. The first-order valence-corrected chi connectivity index (χ1v) is 5.07. The van der Waals surface area contributed by atoms with Crippen LogP contribution in [0.3, 0.4) is 0 Å². The first-order chi connectivity index (χ1) is 5.07. The third-order valence-corrected chi connectivity index (χ3v) is 2.38. The summed E-state index contributed by atoms with van der Waals surface area (Å²) in [5, 5.41) is 0. The molecule has 0 N–H and O–H groups in total. The molecule has 0 amide bonds. The Balaban J connectivity index is 3.69. The van der Waals surface area contributed by atoms with Gasteiger partial charge in [0.1, 0.15) is 0 Å². The second-order valence-electron chi connectivity index (χ2n) is 4.42. The van der Waals surface area contributed by atoms with Gasteiger partial charge in [0.15, 0.2) is 0 Å². The maximum atomic E-state index is 2.35. The van der Waals surface area contributed by atoms with Gasteiger partial charge in [-0.2, -0.15) is 0 Å². The second kappa shape index (κ2) is 5.62. The van der Waals surface area contributed by atoms with Gasteiger partial charge in [0.05, 0.1) is 0 Å². The van der Waals surface area contributed by atoms with E-state index in [-0.39, 0.29) is 0 Å². The molecule has 0 heterocycles. The molecule has 0 bridgehead atoms. The summed E-state index contributed by atoms with van der Waals surface area (Å²) in [5.74, 6) is 2.70. The van der Waals surface area contributed by atoms with Crippen molar-refractivity contribution in [3.05, 3.63) is 0 Å². The number of hydrogen-bond donors (Lipinski definition) is 0. The van der Waals surface area contributed by atoms with Crippen LogP contribution < -0.4 is 0 Å². The fraction of sp³-hybridized carbons (Fsp3) is 1.00. The van der Waals surface area contributed by atoms with Crippen LogP contribution in [0.25, 0.3) is 0 Å². The molecule has 0 unspecified atom stereocenters. The van der Waals surface area contributed by atoms with Crippen LogP contribution in [0.1, 0.15) is 53.9 Å². The normalized spacial score (nSPS) is 14.5. The van der Waals surface area contributed by atoms with Gasteiger partial charge in [0.25, 0.3) is 0 Å². The van der Waals surface area contributed by atoms with Crippen LogP contribution in [0, 0.1) is 17.8 Å². The van der Waals surface area contributed by atoms with E-state index >= 15 is 0 Å². The monoisotopic (exact) mass is 156 g/mol. The molecule has 0 saturated carbocycles. The highest BCUT2D eigenvalue weighted by Crippen LogP contribution is 2.24. The Bertz CT molecular complexity index is 82.0. The fourth-order valence-corrected chi connectivity index (χ4v) is 1.70. The van der Waals surface area contributed by atoms with Crippen LogP contribution in [0.4, 0.5) is 0 Å². The van der Waals surface area contributed by atoms with Gasteiger partial charge in [-0.15, -0.1) is 0 Å². The first-order valence-electron chi connectivity index (χ1n) is 5.07. The zero-order valence-electron chi connectivity index (χ0n) is 8.85. The molecule has 11 heavy (non-hydrogen) atoms. The molecule has 0 aliphatic carbocycles. The zero-order chi connectivity index (χ0) is 8.85. The molecule has 1 atom stereocenters. The molecular formula is C11H24. The van der Waals surface area contributed by atoms with Crippen molar-refractivity contribution in [1.82, 2.24) is 0 Å². The zero-order valence-corrected chi connectivity index (χ0v) is 8.85. The van der Waals surface area contributed by atoms with Crippen LogP contribution in [-0.2, 0) is 0 Å². The van der Waals surface area contributed by atoms with Gasteiger partial charge in [-0.1, -0.05) is 47.5 Å². The lowest BCUT2D eigenvalue weighted by Gasteiger charge is -2.21. The standard InChI is InChI=1S/C11H24/c1-6-7-11(10(4)5)8-9(2)3/h9-11H,6-8H2,1-5H3/t11-/m0/s1. The summed E-state index contributed by atoms with van der Waals surface area (Å²) in [6.07, 6.45) is 4.16. The predicted molar refractivity (Wildman–Crippen MR) is 52.7 cm³/mol. The van der Waals surface area contributed by atoms with Crippen LogP contribution >= 0.6 is 0 Å². The highest BCUT2D eigenvalue weighted by molar-refractivity contribution is 4.64. The van der Waals surface area contributed by atoms with E-state index in [0.717, 1.165) is 17.8 Å². The van der Waals surface area contributed by atoms with E-state index in [2.05, 4.69) is 34.6 Å². The van der Waals surface area contributed by atoms with Crippen molar-refractivity contribution in [3.63, 3.8) is 0 Å². The lowest BCUT2D eigenvalue weighted by atomic mass is 9.84. The quantitative estimate of drug-likeness (QED) is 0.562. The summed E-state index contributed by atoms with van der Waals surface area (Å²) in [6.45, 7) is 11.6. The largest absolute Gasteiger partial charge is 0.0654 e. The molecule has 0 aromatic carbocycles. The Hall–Kier alpha value is 0. The van der Waals surface area contributed by atoms with E-state index in [1.165, 1.54) is 19.3 Å². The van der Waals surface area contributed by atoms with Crippen LogP contribution in [-0.4, -0.2) is 0 Å².